The van der Waals surface area contributed by atoms with Crippen molar-refractivity contribution in [2.75, 3.05) is 19.7 Å². The van der Waals surface area contributed by atoms with Crippen molar-refractivity contribution < 1.29 is 22.3 Å². The fourth-order valence-electron chi connectivity index (χ4n) is 3.30. The lowest BCUT2D eigenvalue weighted by atomic mass is 10.1. The average Bonchev–Trinajstić information content (AvgIpc) is 2.99. The maximum absolute atomic E-state index is 14.9. The molecule has 1 aromatic carbocycles. The van der Waals surface area contributed by atoms with E-state index in [1.54, 1.807) is 13.0 Å². The highest BCUT2D eigenvalue weighted by molar-refractivity contribution is 7.87. The van der Waals surface area contributed by atoms with Gasteiger partial charge >= 0.3 is 10.2 Å². The van der Waals surface area contributed by atoms with Crippen molar-refractivity contribution in [3.05, 3.63) is 46.5 Å². The first-order chi connectivity index (χ1) is 15.6. The van der Waals surface area contributed by atoms with Gasteiger partial charge in [-0.2, -0.15) is 17.8 Å². The molecule has 1 saturated heterocycles. The van der Waals surface area contributed by atoms with Crippen LogP contribution in [0.25, 0.3) is 16.6 Å². The van der Waals surface area contributed by atoms with Gasteiger partial charge < -0.3 is 4.74 Å². The smallest absolute Gasteiger partial charge is 0.304 e. The second-order valence-corrected chi connectivity index (χ2v) is 10.3. The van der Waals surface area contributed by atoms with Gasteiger partial charge in [0, 0.05) is 24.5 Å². The topological polar surface area (TPSA) is 106 Å². The molecule has 0 saturated carbocycles. The van der Waals surface area contributed by atoms with Crippen molar-refractivity contribution in [3.63, 3.8) is 0 Å². The monoisotopic (exact) mass is 495 g/mol. The van der Waals surface area contributed by atoms with Crippen molar-refractivity contribution in [1.29, 1.82) is 0 Å². The summed E-state index contributed by atoms with van der Waals surface area (Å²) in [4.78, 5) is 16.8. The number of amides is 1. The van der Waals surface area contributed by atoms with Crippen LogP contribution >= 0.6 is 11.6 Å². The Morgan fingerprint density at radius 3 is 2.64 bits per heavy atom. The van der Waals surface area contributed by atoms with Crippen LogP contribution in [0.1, 0.15) is 36.3 Å². The molecule has 4 rings (SSSR count). The van der Waals surface area contributed by atoms with Gasteiger partial charge in [-0.05, 0) is 31.4 Å². The standard InChI is InChI=1S/C21H23ClFN5O4S/c1-12(2)11-32-21-17(22)7-14(10-24-21)28-19-9-18(23)16(8-15(19)13(3)25-28)20(29)26-33(30,31)27-5-4-6-27/h7-10,12H,4-6,11H2,1-3H3,(H,26,29). The zero-order valence-corrected chi connectivity index (χ0v) is 19.9. The summed E-state index contributed by atoms with van der Waals surface area (Å²) in [6.45, 7) is 6.82. The van der Waals surface area contributed by atoms with Crippen LogP contribution in [-0.2, 0) is 10.2 Å². The van der Waals surface area contributed by atoms with Gasteiger partial charge in [-0.15, -0.1) is 0 Å². The molecule has 9 nitrogen and oxygen atoms in total. The lowest BCUT2D eigenvalue weighted by Gasteiger charge is -2.29. The quantitative estimate of drug-likeness (QED) is 0.539. The molecule has 0 spiro atoms. The van der Waals surface area contributed by atoms with E-state index in [0.29, 0.717) is 47.9 Å². The van der Waals surface area contributed by atoms with Crippen LogP contribution in [0.15, 0.2) is 24.4 Å². The molecule has 0 atom stereocenters. The first-order valence-corrected chi connectivity index (χ1v) is 12.2. The Morgan fingerprint density at radius 2 is 2.03 bits per heavy atom. The highest BCUT2D eigenvalue weighted by Gasteiger charge is 2.30. The number of aromatic nitrogens is 3. The zero-order valence-electron chi connectivity index (χ0n) is 18.3. The number of nitrogens with zero attached hydrogens (tertiary/aromatic N) is 4. The van der Waals surface area contributed by atoms with Gasteiger partial charge in [-0.3, -0.25) is 4.79 Å². The van der Waals surface area contributed by atoms with E-state index in [0.717, 1.165) is 16.8 Å². The van der Waals surface area contributed by atoms with Crippen LogP contribution in [-0.4, -0.2) is 53.1 Å². The van der Waals surface area contributed by atoms with Crippen LogP contribution < -0.4 is 9.46 Å². The molecular formula is C21H23ClFN5O4S. The van der Waals surface area contributed by atoms with Gasteiger partial charge in [0.15, 0.2) is 0 Å². The second kappa shape index (κ2) is 8.88. The summed E-state index contributed by atoms with van der Waals surface area (Å²) >= 11 is 6.31. The van der Waals surface area contributed by atoms with Crippen molar-refractivity contribution in [1.82, 2.24) is 23.8 Å². The normalized spacial score (nSPS) is 14.5. The first kappa shape index (κ1) is 23.4. The number of halogens is 2. The van der Waals surface area contributed by atoms with Gasteiger partial charge in [0.2, 0.25) is 5.88 Å². The summed E-state index contributed by atoms with van der Waals surface area (Å²) in [6.07, 6.45) is 2.23. The van der Waals surface area contributed by atoms with E-state index >= 15 is 0 Å². The Labute approximate surface area is 195 Å². The first-order valence-electron chi connectivity index (χ1n) is 10.4. The van der Waals surface area contributed by atoms with Gasteiger partial charge in [0.25, 0.3) is 5.91 Å². The van der Waals surface area contributed by atoms with Crippen molar-refractivity contribution in [3.8, 4) is 11.6 Å². The maximum atomic E-state index is 14.9. The number of carbonyl (C=O) groups is 1. The lowest BCUT2D eigenvalue weighted by Crippen LogP contribution is -2.49. The molecule has 3 aromatic rings. The highest BCUT2D eigenvalue weighted by Crippen LogP contribution is 2.29. The number of hydrogen-bond donors (Lipinski definition) is 1. The predicted octanol–water partition coefficient (Wildman–Crippen LogP) is 3.24. The third-order valence-corrected chi connectivity index (χ3v) is 6.92. The summed E-state index contributed by atoms with van der Waals surface area (Å²) in [6, 6.07) is 4.03. The number of fused-ring (bicyclic) bond motifs is 1. The molecule has 0 aliphatic carbocycles. The van der Waals surface area contributed by atoms with E-state index in [-0.39, 0.29) is 16.5 Å². The van der Waals surface area contributed by atoms with Crippen LogP contribution in [0.3, 0.4) is 0 Å². The lowest BCUT2D eigenvalue weighted by molar-refractivity contribution is 0.0974. The van der Waals surface area contributed by atoms with E-state index < -0.39 is 21.9 Å². The second-order valence-electron chi connectivity index (χ2n) is 8.22. The van der Waals surface area contributed by atoms with Crippen molar-refractivity contribution in [2.45, 2.75) is 27.2 Å². The van der Waals surface area contributed by atoms with Gasteiger partial charge in [0.1, 0.15) is 10.8 Å². The van der Waals surface area contributed by atoms with E-state index in [1.807, 2.05) is 18.6 Å². The summed E-state index contributed by atoms with van der Waals surface area (Å²) in [5.74, 6) is -1.33. The highest BCUT2D eigenvalue weighted by atomic mass is 35.5. The molecule has 3 heterocycles. The maximum Gasteiger partial charge on any atom is 0.304 e. The zero-order chi connectivity index (χ0) is 23.9. The molecule has 12 heteroatoms. The summed E-state index contributed by atoms with van der Waals surface area (Å²) < 4.78 is 49.4. The minimum absolute atomic E-state index is 0.280. The SMILES string of the molecule is Cc1nn(-c2cnc(OCC(C)C)c(Cl)c2)c2cc(F)c(C(=O)NS(=O)(=O)N3CCC3)cc12. The molecule has 176 valence electrons. The number of benzene rings is 1. The third-order valence-electron chi connectivity index (χ3n) is 5.17. The van der Waals surface area contributed by atoms with Crippen molar-refractivity contribution >= 4 is 38.6 Å². The number of nitrogens with one attached hydrogen (secondary N) is 1. The molecule has 1 aliphatic rings. The van der Waals surface area contributed by atoms with Gasteiger partial charge in [-0.25, -0.2) is 18.8 Å². The fourth-order valence-corrected chi connectivity index (χ4v) is 4.73. The molecule has 1 aliphatic heterocycles. The van der Waals surface area contributed by atoms with Crippen LogP contribution in [0.5, 0.6) is 5.88 Å². The Bertz CT molecular complexity index is 1340. The molecule has 1 fully saturated rings. The minimum atomic E-state index is -4.00. The number of ether oxygens (including phenoxy) is 1. The molecule has 33 heavy (non-hydrogen) atoms. The van der Waals surface area contributed by atoms with E-state index in [1.165, 1.54) is 16.9 Å². The van der Waals surface area contributed by atoms with Gasteiger partial charge in [0.05, 0.1) is 35.3 Å². The Balaban J connectivity index is 1.67. The Kier molecular flexibility index (Phi) is 6.30. The molecule has 2 aromatic heterocycles. The average molecular weight is 496 g/mol. The predicted molar refractivity (Wildman–Crippen MR) is 121 cm³/mol. The molecule has 0 unspecified atom stereocenters. The molecule has 1 N–H and O–H groups in total. The van der Waals surface area contributed by atoms with E-state index in [9.17, 15) is 17.6 Å². The molecular weight excluding hydrogens is 473 g/mol. The summed E-state index contributed by atoms with van der Waals surface area (Å²) in [5.41, 5.74) is 0.983. The van der Waals surface area contributed by atoms with Crippen molar-refractivity contribution in [2.24, 2.45) is 5.92 Å². The largest absolute Gasteiger partial charge is 0.476 e. The number of carbonyl (C=O) groups excluding carboxylic acids is 1. The number of hydrogen-bond acceptors (Lipinski definition) is 6. The van der Waals surface area contributed by atoms with Gasteiger partial charge in [-0.1, -0.05) is 25.4 Å². The Hall–Kier alpha value is -2.76. The van der Waals surface area contributed by atoms with E-state index in [4.69, 9.17) is 16.3 Å². The summed E-state index contributed by atoms with van der Waals surface area (Å²) in [7, 11) is -4.00. The number of pyridine rings is 1. The number of aryl methyl sites for hydroxylation is 1. The van der Waals surface area contributed by atoms with E-state index in [2.05, 4.69) is 10.1 Å². The minimum Gasteiger partial charge on any atom is -0.476 e. The fraction of sp³-hybridized carbons (Fsp3) is 0.381. The summed E-state index contributed by atoms with van der Waals surface area (Å²) in [5, 5.41) is 5.19. The molecule has 0 radical (unpaired) electrons. The van der Waals surface area contributed by atoms with Crippen LogP contribution in [0.2, 0.25) is 5.02 Å². The Morgan fingerprint density at radius 1 is 1.30 bits per heavy atom. The molecule has 1 amide bonds. The van der Waals surface area contributed by atoms with Crippen LogP contribution in [0, 0.1) is 18.7 Å². The third kappa shape index (κ3) is 4.66. The molecule has 0 bridgehead atoms. The van der Waals surface area contributed by atoms with Crippen LogP contribution in [0.4, 0.5) is 4.39 Å². The number of rotatable bonds is 7.